The first-order valence-electron chi connectivity index (χ1n) is 11.3. The van der Waals surface area contributed by atoms with Crippen molar-refractivity contribution in [2.24, 2.45) is 5.16 Å². The SMILES string of the molecule is COc1cc(/C=C2\CCCN3C2=NOCC[C@H]3c2ccc(F)cc2F)ccc1-n1cnc(C)c1. The number of rotatable bonds is 4. The first-order chi connectivity index (χ1) is 16.5. The molecular formula is C26H26F2N4O2. The van der Waals surface area contributed by atoms with E-state index in [1.165, 1.54) is 12.1 Å². The van der Waals surface area contributed by atoms with Gasteiger partial charge >= 0.3 is 0 Å². The first kappa shape index (κ1) is 22.1. The lowest BCUT2D eigenvalue weighted by molar-refractivity contribution is 0.140. The maximum Gasteiger partial charge on any atom is 0.171 e. The number of hydrogen-bond donors (Lipinski definition) is 0. The van der Waals surface area contributed by atoms with Gasteiger partial charge in [0.2, 0.25) is 0 Å². The van der Waals surface area contributed by atoms with Crippen LogP contribution in [-0.2, 0) is 4.84 Å². The van der Waals surface area contributed by atoms with Gasteiger partial charge in [0.1, 0.15) is 24.0 Å². The van der Waals surface area contributed by atoms with Gasteiger partial charge in [-0.15, -0.1) is 0 Å². The number of oxime groups is 1. The van der Waals surface area contributed by atoms with E-state index in [9.17, 15) is 8.78 Å². The van der Waals surface area contributed by atoms with Gasteiger partial charge in [-0.2, -0.15) is 0 Å². The van der Waals surface area contributed by atoms with Gasteiger partial charge in [-0.3, -0.25) is 0 Å². The van der Waals surface area contributed by atoms with Crippen LogP contribution in [0.25, 0.3) is 11.8 Å². The molecule has 8 heteroatoms. The van der Waals surface area contributed by atoms with Crippen molar-refractivity contribution in [3.63, 3.8) is 0 Å². The summed E-state index contributed by atoms with van der Waals surface area (Å²) in [6, 6.07) is 9.49. The second kappa shape index (κ2) is 9.29. The molecule has 2 aliphatic heterocycles. The highest BCUT2D eigenvalue weighted by atomic mass is 19.1. The number of aromatic nitrogens is 2. The van der Waals surface area contributed by atoms with Crippen molar-refractivity contribution in [3.8, 4) is 11.4 Å². The monoisotopic (exact) mass is 464 g/mol. The fourth-order valence-corrected chi connectivity index (χ4v) is 4.67. The van der Waals surface area contributed by atoms with E-state index in [1.54, 1.807) is 13.4 Å². The normalized spacial score (nSPS) is 19.3. The zero-order valence-corrected chi connectivity index (χ0v) is 19.2. The van der Waals surface area contributed by atoms with E-state index in [0.717, 1.165) is 53.7 Å². The molecule has 0 N–H and O–H groups in total. The Kier molecular flexibility index (Phi) is 6.04. The molecule has 3 aromatic rings. The maximum absolute atomic E-state index is 14.7. The molecule has 1 saturated heterocycles. The standard InChI is InChI=1S/C26H26F2N4O2/c1-17-15-31(16-29-17)24-8-5-18(13-25(24)33-2)12-19-4-3-10-32-23(9-11-34-30-26(19)32)21-7-6-20(27)14-22(21)28/h5-8,12-16,23H,3-4,9-11H2,1-2H3/b19-12+/t23-/m0/s1. The molecule has 0 saturated carbocycles. The van der Waals surface area contributed by atoms with Gasteiger partial charge in [0, 0.05) is 30.8 Å². The zero-order chi connectivity index (χ0) is 23.7. The van der Waals surface area contributed by atoms with E-state index >= 15 is 0 Å². The molecule has 0 amide bonds. The van der Waals surface area contributed by atoms with Crippen LogP contribution >= 0.6 is 0 Å². The lowest BCUT2D eigenvalue weighted by Gasteiger charge is -2.36. The Hall–Kier alpha value is -3.68. The average molecular weight is 465 g/mol. The van der Waals surface area contributed by atoms with Crippen molar-refractivity contribution >= 4 is 11.9 Å². The van der Waals surface area contributed by atoms with Crippen molar-refractivity contribution in [1.29, 1.82) is 0 Å². The van der Waals surface area contributed by atoms with Crippen molar-refractivity contribution < 1.29 is 18.4 Å². The van der Waals surface area contributed by atoms with Crippen molar-refractivity contribution in [3.05, 3.63) is 83.0 Å². The Labute approximate surface area is 197 Å². The smallest absolute Gasteiger partial charge is 0.171 e. The molecule has 0 unspecified atom stereocenters. The second-order valence-electron chi connectivity index (χ2n) is 8.54. The van der Waals surface area contributed by atoms with Crippen molar-refractivity contribution in [2.45, 2.75) is 32.2 Å². The third kappa shape index (κ3) is 4.27. The summed E-state index contributed by atoms with van der Waals surface area (Å²) in [7, 11) is 1.65. The Morgan fingerprint density at radius 2 is 2.06 bits per heavy atom. The third-order valence-corrected chi connectivity index (χ3v) is 6.27. The number of imidazole rings is 1. The highest BCUT2D eigenvalue weighted by Gasteiger charge is 2.32. The van der Waals surface area contributed by atoms with E-state index in [2.05, 4.69) is 21.1 Å². The summed E-state index contributed by atoms with van der Waals surface area (Å²) in [5.41, 5.74) is 4.26. The van der Waals surface area contributed by atoms with Gasteiger partial charge in [0.05, 0.1) is 30.9 Å². The number of benzene rings is 2. The van der Waals surface area contributed by atoms with Crippen LogP contribution in [-0.4, -0.2) is 40.5 Å². The molecule has 3 heterocycles. The molecule has 0 bridgehead atoms. The summed E-state index contributed by atoms with van der Waals surface area (Å²) in [5.74, 6) is 0.301. The van der Waals surface area contributed by atoms with E-state index in [0.29, 0.717) is 24.4 Å². The van der Waals surface area contributed by atoms with Gasteiger partial charge in [0.15, 0.2) is 5.84 Å². The summed E-state index contributed by atoms with van der Waals surface area (Å²) in [6.45, 7) is 3.03. The van der Waals surface area contributed by atoms with Gasteiger partial charge < -0.3 is 19.0 Å². The Morgan fingerprint density at radius 3 is 2.82 bits per heavy atom. The van der Waals surface area contributed by atoms with Crippen LogP contribution < -0.4 is 4.74 Å². The van der Waals surface area contributed by atoms with E-state index in [4.69, 9.17) is 9.57 Å². The number of amidine groups is 1. The summed E-state index contributed by atoms with van der Waals surface area (Å²) >= 11 is 0. The number of piperidine rings is 1. The quantitative estimate of drug-likeness (QED) is 0.517. The van der Waals surface area contributed by atoms with E-state index < -0.39 is 11.6 Å². The van der Waals surface area contributed by atoms with Crippen LogP contribution in [0.1, 0.15) is 42.1 Å². The van der Waals surface area contributed by atoms with Crippen LogP contribution in [0, 0.1) is 18.6 Å². The number of hydrogen-bond acceptors (Lipinski definition) is 5. The Bertz CT molecular complexity index is 1270. The minimum atomic E-state index is -0.581. The zero-order valence-electron chi connectivity index (χ0n) is 19.2. The fraction of sp³-hybridized carbons (Fsp3) is 0.308. The minimum Gasteiger partial charge on any atom is -0.495 e. The molecule has 176 valence electrons. The largest absolute Gasteiger partial charge is 0.495 e. The lowest BCUT2D eigenvalue weighted by Crippen LogP contribution is -2.39. The molecule has 0 radical (unpaired) electrons. The van der Waals surface area contributed by atoms with Crippen LogP contribution in [0.15, 0.2) is 59.7 Å². The minimum absolute atomic E-state index is 0.271. The van der Waals surface area contributed by atoms with Gasteiger partial charge in [-0.1, -0.05) is 17.3 Å². The first-order valence-corrected chi connectivity index (χ1v) is 11.3. The third-order valence-electron chi connectivity index (χ3n) is 6.27. The molecule has 1 atom stereocenters. The number of fused-ring (bicyclic) bond motifs is 1. The molecule has 1 fully saturated rings. The van der Waals surface area contributed by atoms with Gasteiger partial charge in [0.25, 0.3) is 0 Å². The van der Waals surface area contributed by atoms with Crippen LogP contribution in [0.2, 0.25) is 0 Å². The molecule has 0 spiro atoms. The van der Waals surface area contributed by atoms with E-state index in [1.807, 2.05) is 35.9 Å². The predicted octanol–water partition coefficient (Wildman–Crippen LogP) is 5.42. The van der Waals surface area contributed by atoms with Crippen LogP contribution in [0.4, 0.5) is 8.78 Å². The summed E-state index contributed by atoms with van der Waals surface area (Å²) < 4.78 is 35.7. The predicted molar refractivity (Wildman–Crippen MR) is 126 cm³/mol. The maximum atomic E-state index is 14.7. The fourth-order valence-electron chi connectivity index (χ4n) is 4.67. The number of methoxy groups -OCH3 is 1. The Morgan fingerprint density at radius 1 is 1.18 bits per heavy atom. The number of ether oxygens (including phenoxy) is 1. The number of aryl methyl sites for hydroxylation is 1. The lowest BCUT2D eigenvalue weighted by atomic mass is 9.94. The molecular weight excluding hydrogens is 438 g/mol. The van der Waals surface area contributed by atoms with Crippen molar-refractivity contribution in [1.82, 2.24) is 14.5 Å². The van der Waals surface area contributed by atoms with E-state index in [-0.39, 0.29) is 6.04 Å². The summed E-state index contributed by atoms with van der Waals surface area (Å²) in [4.78, 5) is 11.9. The Balaban J connectivity index is 1.48. The number of nitrogens with zero attached hydrogens (tertiary/aromatic N) is 4. The highest BCUT2D eigenvalue weighted by molar-refractivity contribution is 6.02. The molecule has 6 nitrogen and oxygen atoms in total. The highest BCUT2D eigenvalue weighted by Crippen LogP contribution is 2.35. The topological polar surface area (TPSA) is 51.9 Å². The van der Waals surface area contributed by atoms with Gasteiger partial charge in [-0.25, -0.2) is 13.8 Å². The average Bonchev–Trinajstić information content (AvgIpc) is 3.14. The summed E-state index contributed by atoms with van der Waals surface area (Å²) in [5, 5.41) is 4.39. The van der Waals surface area contributed by atoms with Crippen LogP contribution in [0.3, 0.4) is 0 Å². The van der Waals surface area contributed by atoms with Crippen molar-refractivity contribution in [2.75, 3.05) is 20.3 Å². The van der Waals surface area contributed by atoms with Gasteiger partial charge in [-0.05, 0) is 55.2 Å². The molecule has 34 heavy (non-hydrogen) atoms. The molecule has 5 rings (SSSR count). The molecule has 2 aliphatic rings. The number of halogens is 2. The second-order valence-corrected chi connectivity index (χ2v) is 8.54. The van der Waals surface area contributed by atoms with Crippen LogP contribution in [0.5, 0.6) is 5.75 Å². The molecule has 1 aromatic heterocycles. The molecule has 0 aliphatic carbocycles. The molecule has 2 aromatic carbocycles. The summed E-state index contributed by atoms with van der Waals surface area (Å²) in [6.07, 6.45) is 8.06.